The molecule has 1 aliphatic heterocycles. The molecule has 16 heavy (non-hydrogen) atoms. The Kier molecular flexibility index (Phi) is 3.44. The molecule has 1 saturated heterocycles. The average molecular weight is 219 g/mol. The van der Waals surface area contributed by atoms with E-state index in [2.05, 4.69) is 29.8 Å². The zero-order valence-electron chi connectivity index (χ0n) is 10.2. The van der Waals surface area contributed by atoms with Crippen LogP contribution in [0, 0.1) is 5.92 Å². The van der Waals surface area contributed by atoms with E-state index in [0.29, 0.717) is 5.82 Å². The molecular formula is C13H21N3. The normalized spacial score (nSPS) is 21.8. The molecule has 3 nitrogen and oxygen atoms in total. The lowest BCUT2D eigenvalue weighted by Crippen LogP contribution is -2.32. The minimum Gasteiger partial charge on any atom is -0.384 e. The molecule has 0 bridgehead atoms. The monoisotopic (exact) mass is 219 g/mol. The lowest BCUT2D eigenvalue weighted by Gasteiger charge is -2.27. The molecule has 1 aliphatic rings. The summed E-state index contributed by atoms with van der Waals surface area (Å²) >= 11 is 0. The van der Waals surface area contributed by atoms with Crippen molar-refractivity contribution in [2.75, 3.05) is 12.3 Å². The maximum atomic E-state index is 5.70. The maximum Gasteiger partial charge on any atom is 0.123 e. The van der Waals surface area contributed by atoms with Crippen molar-refractivity contribution in [2.24, 2.45) is 5.92 Å². The number of nitrogen functional groups attached to an aromatic ring is 1. The summed E-state index contributed by atoms with van der Waals surface area (Å²) in [6.45, 7) is 6.84. The average Bonchev–Trinajstić information content (AvgIpc) is 2.66. The lowest BCUT2D eigenvalue weighted by molar-refractivity contribution is 0.199. The number of hydrogen-bond donors (Lipinski definition) is 1. The van der Waals surface area contributed by atoms with Gasteiger partial charge in [0.25, 0.3) is 0 Å². The quantitative estimate of drug-likeness (QED) is 0.848. The molecule has 0 aromatic carbocycles. The van der Waals surface area contributed by atoms with Crippen LogP contribution in [-0.4, -0.2) is 22.5 Å². The summed E-state index contributed by atoms with van der Waals surface area (Å²) in [4.78, 5) is 6.60. The third kappa shape index (κ3) is 2.53. The molecule has 1 aromatic rings. The van der Waals surface area contributed by atoms with Crippen LogP contribution in [-0.2, 0) is 6.54 Å². The highest BCUT2D eigenvalue weighted by molar-refractivity contribution is 5.31. The van der Waals surface area contributed by atoms with Crippen LogP contribution in [0.2, 0.25) is 0 Å². The second-order valence-corrected chi connectivity index (χ2v) is 5.01. The van der Waals surface area contributed by atoms with Gasteiger partial charge in [0.1, 0.15) is 5.82 Å². The van der Waals surface area contributed by atoms with Crippen LogP contribution >= 0.6 is 0 Å². The fourth-order valence-corrected chi connectivity index (χ4v) is 2.63. The van der Waals surface area contributed by atoms with E-state index in [4.69, 9.17) is 5.73 Å². The Balaban J connectivity index is 2.04. The van der Waals surface area contributed by atoms with Gasteiger partial charge in [-0.05, 0) is 43.0 Å². The predicted octanol–water partition coefficient (Wildman–Crippen LogP) is 2.28. The minimum absolute atomic E-state index is 0.623. The molecule has 88 valence electrons. The van der Waals surface area contributed by atoms with Crippen LogP contribution in [0.1, 0.15) is 32.3 Å². The standard InChI is InChI=1S/C13H21N3/c1-10(2)12-4-3-7-16(12)9-11-5-6-15-13(14)8-11/h5-6,8,10,12H,3-4,7,9H2,1-2H3,(H2,14,15). The Morgan fingerprint density at radius 2 is 2.38 bits per heavy atom. The molecule has 0 saturated carbocycles. The number of hydrogen-bond acceptors (Lipinski definition) is 3. The number of pyridine rings is 1. The molecule has 2 rings (SSSR count). The van der Waals surface area contributed by atoms with E-state index >= 15 is 0 Å². The van der Waals surface area contributed by atoms with Crippen LogP contribution in [0.5, 0.6) is 0 Å². The van der Waals surface area contributed by atoms with Crippen molar-refractivity contribution in [3.8, 4) is 0 Å². The Labute approximate surface area is 97.7 Å². The van der Waals surface area contributed by atoms with Gasteiger partial charge in [0.2, 0.25) is 0 Å². The predicted molar refractivity (Wildman–Crippen MR) is 66.9 cm³/mol. The van der Waals surface area contributed by atoms with E-state index in [9.17, 15) is 0 Å². The maximum absolute atomic E-state index is 5.70. The van der Waals surface area contributed by atoms with Gasteiger partial charge in [-0.15, -0.1) is 0 Å². The summed E-state index contributed by atoms with van der Waals surface area (Å²) in [6, 6.07) is 4.77. The van der Waals surface area contributed by atoms with Crippen molar-refractivity contribution in [1.82, 2.24) is 9.88 Å². The molecule has 1 unspecified atom stereocenters. The number of likely N-dealkylation sites (tertiary alicyclic amines) is 1. The number of rotatable bonds is 3. The molecule has 1 aromatic heterocycles. The van der Waals surface area contributed by atoms with Gasteiger partial charge in [-0.25, -0.2) is 4.98 Å². The van der Waals surface area contributed by atoms with Crippen LogP contribution < -0.4 is 5.73 Å². The van der Waals surface area contributed by atoms with Crippen molar-refractivity contribution in [2.45, 2.75) is 39.3 Å². The summed E-state index contributed by atoms with van der Waals surface area (Å²) < 4.78 is 0. The lowest BCUT2D eigenvalue weighted by atomic mass is 10.0. The highest BCUT2D eigenvalue weighted by atomic mass is 15.2. The molecule has 1 atom stereocenters. The molecule has 0 radical (unpaired) electrons. The first kappa shape index (κ1) is 11.4. The van der Waals surface area contributed by atoms with E-state index < -0.39 is 0 Å². The molecule has 1 fully saturated rings. The van der Waals surface area contributed by atoms with E-state index in [-0.39, 0.29) is 0 Å². The first-order chi connectivity index (χ1) is 7.66. The summed E-state index contributed by atoms with van der Waals surface area (Å²) in [5, 5.41) is 0. The second-order valence-electron chi connectivity index (χ2n) is 5.01. The van der Waals surface area contributed by atoms with E-state index in [1.807, 2.05) is 6.07 Å². The van der Waals surface area contributed by atoms with Crippen molar-refractivity contribution in [3.05, 3.63) is 23.9 Å². The van der Waals surface area contributed by atoms with Gasteiger partial charge in [-0.3, -0.25) is 4.90 Å². The van der Waals surface area contributed by atoms with Gasteiger partial charge in [0, 0.05) is 18.8 Å². The van der Waals surface area contributed by atoms with Crippen molar-refractivity contribution < 1.29 is 0 Å². The zero-order chi connectivity index (χ0) is 11.5. The molecular weight excluding hydrogens is 198 g/mol. The molecule has 0 spiro atoms. The van der Waals surface area contributed by atoms with Gasteiger partial charge in [-0.2, -0.15) is 0 Å². The third-order valence-corrected chi connectivity index (χ3v) is 3.41. The van der Waals surface area contributed by atoms with E-state index in [1.165, 1.54) is 24.9 Å². The number of nitrogens with two attached hydrogens (primary N) is 1. The molecule has 0 amide bonds. The number of aromatic nitrogens is 1. The Morgan fingerprint density at radius 3 is 3.06 bits per heavy atom. The Bertz CT molecular complexity index is 349. The van der Waals surface area contributed by atoms with Gasteiger partial charge in [0.15, 0.2) is 0 Å². The molecule has 0 aliphatic carbocycles. The zero-order valence-corrected chi connectivity index (χ0v) is 10.2. The summed E-state index contributed by atoms with van der Waals surface area (Å²) in [5.74, 6) is 1.36. The van der Waals surface area contributed by atoms with Crippen molar-refractivity contribution >= 4 is 5.82 Å². The minimum atomic E-state index is 0.623. The summed E-state index contributed by atoms with van der Waals surface area (Å²) in [7, 11) is 0. The smallest absolute Gasteiger partial charge is 0.123 e. The van der Waals surface area contributed by atoms with Crippen molar-refractivity contribution in [1.29, 1.82) is 0 Å². The number of nitrogens with zero attached hydrogens (tertiary/aromatic N) is 2. The first-order valence-corrected chi connectivity index (χ1v) is 6.11. The van der Waals surface area contributed by atoms with Crippen LogP contribution in [0.3, 0.4) is 0 Å². The molecule has 3 heteroatoms. The second kappa shape index (κ2) is 4.83. The topological polar surface area (TPSA) is 42.2 Å². The first-order valence-electron chi connectivity index (χ1n) is 6.11. The third-order valence-electron chi connectivity index (χ3n) is 3.41. The SMILES string of the molecule is CC(C)C1CCCN1Cc1ccnc(N)c1. The Hall–Kier alpha value is -1.09. The van der Waals surface area contributed by atoms with Gasteiger partial charge in [-0.1, -0.05) is 13.8 Å². The van der Waals surface area contributed by atoms with Crippen LogP contribution in [0.4, 0.5) is 5.82 Å². The van der Waals surface area contributed by atoms with Crippen LogP contribution in [0.25, 0.3) is 0 Å². The highest BCUT2D eigenvalue weighted by Crippen LogP contribution is 2.25. The summed E-state index contributed by atoms with van der Waals surface area (Å²) in [6.07, 6.45) is 4.45. The van der Waals surface area contributed by atoms with E-state index in [1.54, 1.807) is 6.20 Å². The molecule has 2 N–H and O–H groups in total. The number of anilines is 1. The fraction of sp³-hybridized carbons (Fsp3) is 0.615. The Morgan fingerprint density at radius 1 is 1.56 bits per heavy atom. The van der Waals surface area contributed by atoms with Gasteiger partial charge < -0.3 is 5.73 Å². The van der Waals surface area contributed by atoms with Crippen LogP contribution in [0.15, 0.2) is 18.3 Å². The largest absolute Gasteiger partial charge is 0.384 e. The van der Waals surface area contributed by atoms with E-state index in [0.717, 1.165) is 18.5 Å². The van der Waals surface area contributed by atoms with Gasteiger partial charge >= 0.3 is 0 Å². The van der Waals surface area contributed by atoms with Crippen molar-refractivity contribution in [3.63, 3.8) is 0 Å². The fourth-order valence-electron chi connectivity index (χ4n) is 2.63. The van der Waals surface area contributed by atoms with Gasteiger partial charge in [0.05, 0.1) is 0 Å². The molecule has 2 heterocycles. The summed E-state index contributed by atoms with van der Waals surface area (Å²) in [5.41, 5.74) is 6.98. The highest BCUT2D eigenvalue weighted by Gasteiger charge is 2.26.